The zero-order valence-corrected chi connectivity index (χ0v) is 11.1. The van der Waals surface area contributed by atoms with E-state index in [1.54, 1.807) is 6.07 Å². The van der Waals surface area contributed by atoms with Gasteiger partial charge >= 0.3 is 0 Å². The van der Waals surface area contributed by atoms with Gasteiger partial charge in [-0.3, -0.25) is 4.68 Å². The van der Waals surface area contributed by atoms with Crippen LogP contribution in [0.1, 0.15) is 31.0 Å². The number of hydrogen-bond donors (Lipinski definition) is 2. The van der Waals surface area contributed by atoms with Crippen molar-refractivity contribution in [3.63, 3.8) is 0 Å². The van der Waals surface area contributed by atoms with Crippen molar-refractivity contribution in [3.8, 4) is 16.9 Å². The number of nitrogens with zero attached hydrogens (tertiary/aromatic N) is 2. The minimum Gasteiger partial charge on any atom is -0.507 e. The zero-order chi connectivity index (χ0) is 13.2. The zero-order valence-electron chi connectivity index (χ0n) is 11.1. The predicted molar refractivity (Wildman–Crippen MR) is 74.9 cm³/mol. The van der Waals surface area contributed by atoms with Crippen LogP contribution in [0.4, 0.5) is 0 Å². The van der Waals surface area contributed by atoms with Crippen LogP contribution in [0, 0.1) is 0 Å². The number of phenolic OH excluding ortho intramolecular Hbond substituents is 1. The van der Waals surface area contributed by atoms with Gasteiger partial charge in [0.05, 0.1) is 11.9 Å². The van der Waals surface area contributed by atoms with E-state index >= 15 is 0 Å². The normalized spacial score (nSPS) is 19.5. The summed E-state index contributed by atoms with van der Waals surface area (Å²) in [5.74, 6) is 0.313. The molecule has 0 amide bonds. The lowest BCUT2D eigenvalue weighted by Gasteiger charge is -2.25. The molecule has 2 N–H and O–H groups in total. The number of para-hydroxylation sites is 1. The maximum atomic E-state index is 10.0. The first-order valence-corrected chi connectivity index (χ1v) is 6.81. The van der Waals surface area contributed by atoms with Gasteiger partial charge < -0.3 is 10.4 Å². The van der Waals surface area contributed by atoms with Crippen molar-refractivity contribution in [2.75, 3.05) is 6.54 Å². The molecular formula is C15H19N3O. The summed E-state index contributed by atoms with van der Waals surface area (Å²) in [7, 11) is 1.97. The van der Waals surface area contributed by atoms with E-state index in [-0.39, 0.29) is 0 Å². The number of phenols is 1. The summed E-state index contributed by atoms with van der Waals surface area (Å²) >= 11 is 0. The van der Waals surface area contributed by atoms with Crippen LogP contribution in [-0.2, 0) is 7.05 Å². The maximum absolute atomic E-state index is 10.0. The number of aromatic hydroxyl groups is 1. The Labute approximate surface area is 113 Å². The number of nitrogens with one attached hydrogen (secondary N) is 1. The Bertz CT molecular complexity index is 571. The number of aromatic nitrogens is 2. The monoisotopic (exact) mass is 257 g/mol. The highest BCUT2D eigenvalue weighted by atomic mass is 16.3. The molecule has 19 heavy (non-hydrogen) atoms. The molecule has 0 aliphatic carbocycles. The average Bonchev–Trinajstić information content (AvgIpc) is 2.82. The number of piperidine rings is 1. The lowest BCUT2D eigenvalue weighted by Crippen LogP contribution is -2.28. The minimum atomic E-state index is 0.313. The molecule has 0 radical (unpaired) electrons. The Morgan fingerprint density at radius 3 is 2.84 bits per heavy atom. The molecule has 3 rings (SSSR count). The van der Waals surface area contributed by atoms with Gasteiger partial charge in [-0.15, -0.1) is 0 Å². The van der Waals surface area contributed by atoms with Gasteiger partial charge in [0.15, 0.2) is 0 Å². The molecule has 0 saturated carbocycles. The lowest BCUT2D eigenvalue weighted by atomic mass is 9.96. The Kier molecular flexibility index (Phi) is 3.25. The van der Waals surface area contributed by atoms with Crippen molar-refractivity contribution in [1.29, 1.82) is 0 Å². The van der Waals surface area contributed by atoms with Gasteiger partial charge in [-0.2, -0.15) is 5.10 Å². The second-order valence-corrected chi connectivity index (χ2v) is 5.09. The molecule has 4 nitrogen and oxygen atoms in total. The molecule has 1 atom stereocenters. The third kappa shape index (κ3) is 2.24. The van der Waals surface area contributed by atoms with E-state index in [9.17, 15) is 5.11 Å². The van der Waals surface area contributed by atoms with Gasteiger partial charge in [0, 0.05) is 24.2 Å². The largest absolute Gasteiger partial charge is 0.507 e. The third-order valence-electron chi connectivity index (χ3n) is 3.82. The maximum Gasteiger partial charge on any atom is 0.123 e. The van der Waals surface area contributed by atoms with E-state index in [1.165, 1.54) is 18.5 Å². The molecule has 0 bridgehead atoms. The fourth-order valence-corrected chi connectivity index (χ4v) is 2.85. The predicted octanol–water partition coefficient (Wildman–Crippen LogP) is 2.61. The average molecular weight is 257 g/mol. The van der Waals surface area contributed by atoms with E-state index in [4.69, 9.17) is 0 Å². The first-order valence-electron chi connectivity index (χ1n) is 6.81. The Morgan fingerprint density at radius 1 is 1.26 bits per heavy atom. The van der Waals surface area contributed by atoms with Gasteiger partial charge in [-0.1, -0.05) is 24.6 Å². The van der Waals surface area contributed by atoms with Gasteiger partial charge in [-0.25, -0.2) is 0 Å². The van der Waals surface area contributed by atoms with Crippen LogP contribution in [0.5, 0.6) is 5.75 Å². The van der Waals surface area contributed by atoms with Crippen LogP contribution in [0.2, 0.25) is 0 Å². The molecule has 2 heterocycles. The fraction of sp³-hybridized carbons (Fsp3) is 0.400. The highest BCUT2D eigenvalue weighted by Crippen LogP contribution is 2.35. The van der Waals surface area contributed by atoms with Crippen molar-refractivity contribution in [2.24, 2.45) is 7.05 Å². The SMILES string of the molecule is Cn1ncc(-c2ccccc2O)c1C1CCCCN1. The highest BCUT2D eigenvalue weighted by Gasteiger charge is 2.23. The summed E-state index contributed by atoms with van der Waals surface area (Å²) in [6, 6.07) is 7.78. The first-order chi connectivity index (χ1) is 9.27. The molecule has 1 aliphatic rings. The summed E-state index contributed by atoms with van der Waals surface area (Å²) in [5.41, 5.74) is 3.05. The van der Waals surface area contributed by atoms with Crippen molar-refractivity contribution >= 4 is 0 Å². The summed E-state index contributed by atoms with van der Waals surface area (Å²) in [6.07, 6.45) is 5.45. The van der Waals surface area contributed by atoms with Crippen molar-refractivity contribution in [1.82, 2.24) is 15.1 Å². The molecule has 1 aliphatic heterocycles. The second-order valence-electron chi connectivity index (χ2n) is 5.09. The van der Waals surface area contributed by atoms with E-state index in [2.05, 4.69) is 10.4 Å². The molecule has 1 fully saturated rings. The topological polar surface area (TPSA) is 50.1 Å². The van der Waals surface area contributed by atoms with Crippen LogP contribution in [-0.4, -0.2) is 21.4 Å². The van der Waals surface area contributed by atoms with Crippen molar-refractivity contribution in [2.45, 2.75) is 25.3 Å². The van der Waals surface area contributed by atoms with Crippen molar-refractivity contribution < 1.29 is 5.11 Å². The van der Waals surface area contributed by atoms with Gasteiger partial charge in [-0.05, 0) is 25.5 Å². The second kappa shape index (κ2) is 5.05. The fourth-order valence-electron chi connectivity index (χ4n) is 2.85. The van der Waals surface area contributed by atoms with Gasteiger partial charge in [0.1, 0.15) is 5.75 Å². The van der Waals surface area contributed by atoms with E-state index in [0.717, 1.165) is 24.1 Å². The molecule has 2 aromatic rings. The van der Waals surface area contributed by atoms with E-state index in [1.807, 2.05) is 36.1 Å². The minimum absolute atomic E-state index is 0.313. The Balaban J connectivity index is 2.05. The molecule has 1 unspecified atom stereocenters. The van der Waals surface area contributed by atoms with Crippen LogP contribution in [0.25, 0.3) is 11.1 Å². The van der Waals surface area contributed by atoms with Crippen LogP contribution in [0.15, 0.2) is 30.5 Å². The third-order valence-corrected chi connectivity index (χ3v) is 3.82. The van der Waals surface area contributed by atoms with Crippen LogP contribution >= 0.6 is 0 Å². The Morgan fingerprint density at radius 2 is 2.11 bits per heavy atom. The molecule has 1 saturated heterocycles. The molecule has 100 valence electrons. The number of hydrogen-bond acceptors (Lipinski definition) is 3. The molecule has 0 spiro atoms. The van der Waals surface area contributed by atoms with Crippen LogP contribution in [0.3, 0.4) is 0 Å². The summed E-state index contributed by atoms with van der Waals surface area (Å²) < 4.78 is 1.92. The molecule has 1 aromatic heterocycles. The van der Waals surface area contributed by atoms with Crippen LogP contribution < -0.4 is 5.32 Å². The summed E-state index contributed by atoms with van der Waals surface area (Å²) in [6.45, 7) is 1.05. The summed E-state index contributed by atoms with van der Waals surface area (Å²) in [4.78, 5) is 0. The Hall–Kier alpha value is -1.81. The van der Waals surface area contributed by atoms with E-state index in [0.29, 0.717) is 11.8 Å². The smallest absolute Gasteiger partial charge is 0.123 e. The standard InChI is InChI=1S/C15H19N3O/c1-18-15(13-7-4-5-9-16-13)12(10-17-18)11-6-2-3-8-14(11)19/h2-3,6,8,10,13,16,19H,4-5,7,9H2,1H3. The number of benzene rings is 1. The quantitative estimate of drug-likeness (QED) is 0.869. The number of rotatable bonds is 2. The van der Waals surface area contributed by atoms with E-state index < -0.39 is 0 Å². The van der Waals surface area contributed by atoms with Gasteiger partial charge in [0.25, 0.3) is 0 Å². The van der Waals surface area contributed by atoms with Crippen molar-refractivity contribution in [3.05, 3.63) is 36.2 Å². The lowest BCUT2D eigenvalue weighted by molar-refractivity contribution is 0.394. The first kappa shape index (κ1) is 12.2. The molecular weight excluding hydrogens is 238 g/mol. The molecule has 1 aromatic carbocycles. The number of aryl methyl sites for hydroxylation is 1. The molecule has 4 heteroatoms. The summed E-state index contributed by atoms with van der Waals surface area (Å²) in [5, 5.41) is 18.0. The van der Waals surface area contributed by atoms with Gasteiger partial charge in [0.2, 0.25) is 0 Å². The highest BCUT2D eigenvalue weighted by molar-refractivity contribution is 5.72.